The molecule has 2 aromatic rings. The quantitative estimate of drug-likeness (QED) is 0.601. The molecule has 1 unspecified atom stereocenters. The standard InChI is InChI=1S/C23H30N2O4S.ClH/c1-16-6-4-7-18(14-16)30(26,27)24-11-5-12-25-13-10-17-15-21(28-2)23(29-3)19-8-9-20(25)22(17)19;/h4,6-7,14-15,20,24H,5,8-13H2,1-3H3;1H. The molecule has 1 atom stereocenters. The average molecular weight is 467 g/mol. The van der Waals surface area contributed by atoms with Gasteiger partial charge in [-0.05, 0) is 67.5 Å². The fraction of sp³-hybridized carbons (Fsp3) is 0.478. The summed E-state index contributed by atoms with van der Waals surface area (Å²) in [4.78, 5) is 2.82. The minimum atomic E-state index is -3.46. The van der Waals surface area contributed by atoms with Crippen molar-refractivity contribution in [2.45, 2.75) is 43.5 Å². The van der Waals surface area contributed by atoms with Gasteiger partial charge in [-0.15, -0.1) is 12.4 Å². The van der Waals surface area contributed by atoms with E-state index in [9.17, 15) is 8.42 Å². The fourth-order valence-electron chi connectivity index (χ4n) is 4.84. The van der Waals surface area contributed by atoms with E-state index in [1.807, 2.05) is 13.0 Å². The molecule has 0 bridgehead atoms. The summed E-state index contributed by atoms with van der Waals surface area (Å²) in [6, 6.07) is 9.52. The predicted octanol–water partition coefficient (Wildman–Crippen LogP) is 3.65. The van der Waals surface area contributed by atoms with E-state index in [0.717, 1.165) is 55.8 Å². The first-order chi connectivity index (χ1) is 14.4. The maximum Gasteiger partial charge on any atom is 0.240 e. The Morgan fingerprint density at radius 3 is 2.68 bits per heavy atom. The van der Waals surface area contributed by atoms with Crippen LogP contribution < -0.4 is 14.2 Å². The van der Waals surface area contributed by atoms with Crippen LogP contribution in [0.15, 0.2) is 35.2 Å². The van der Waals surface area contributed by atoms with Gasteiger partial charge >= 0.3 is 0 Å². The maximum atomic E-state index is 12.5. The molecule has 31 heavy (non-hydrogen) atoms. The Kier molecular flexibility index (Phi) is 7.52. The highest BCUT2D eigenvalue weighted by atomic mass is 35.5. The Hall–Kier alpha value is -1.80. The Morgan fingerprint density at radius 1 is 1.16 bits per heavy atom. The minimum absolute atomic E-state index is 0. The molecular weight excluding hydrogens is 436 g/mol. The van der Waals surface area contributed by atoms with E-state index in [2.05, 4.69) is 15.7 Å². The topological polar surface area (TPSA) is 67.9 Å². The molecule has 0 aromatic heterocycles. The summed E-state index contributed by atoms with van der Waals surface area (Å²) in [5.41, 5.74) is 4.98. The van der Waals surface area contributed by atoms with Crippen LogP contribution >= 0.6 is 12.4 Å². The molecule has 1 heterocycles. The number of nitrogens with one attached hydrogen (secondary N) is 1. The van der Waals surface area contributed by atoms with Crippen molar-refractivity contribution in [2.75, 3.05) is 33.9 Å². The van der Waals surface area contributed by atoms with Crippen LogP contribution in [-0.4, -0.2) is 47.2 Å². The second-order valence-corrected chi connectivity index (χ2v) is 9.84. The van der Waals surface area contributed by atoms with Gasteiger partial charge in [-0.2, -0.15) is 0 Å². The summed E-state index contributed by atoms with van der Waals surface area (Å²) < 4.78 is 39.0. The zero-order chi connectivity index (χ0) is 21.3. The number of rotatable bonds is 8. The summed E-state index contributed by atoms with van der Waals surface area (Å²) >= 11 is 0. The Labute approximate surface area is 191 Å². The van der Waals surface area contributed by atoms with Crippen molar-refractivity contribution >= 4 is 22.4 Å². The van der Waals surface area contributed by atoms with Crippen LogP contribution in [-0.2, 0) is 22.9 Å². The number of benzene rings is 2. The lowest BCUT2D eigenvalue weighted by atomic mass is 9.92. The van der Waals surface area contributed by atoms with Gasteiger partial charge in [0.25, 0.3) is 0 Å². The van der Waals surface area contributed by atoms with E-state index < -0.39 is 10.0 Å². The first kappa shape index (κ1) is 23.9. The first-order valence-corrected chi connectivity index (χ1v) is 12.0. The Morgan fingerprint density at radius 2 is 1.97 bits per heavy atom. The molecule has 170 valence electrons. The van der Waals surface area contributed by atoms with Gasteiger partial charge in [-0.1, -0.05) is 12.1 Å². The summed E-state index contributed by atoms with van der Waals surface area (Å²) in [5.74, 6) is 1.69. The zero-order valence-electron chi connectivity index (χ0n) is 18.3. The molecule has 8 heteroatoms. The monoisotopic (exact) mass is 466 g/mol. The summed E-state index contributed by atoms with van der Waals surface area (Å²) in [7, 11) is -0.0647. The highest BCUT2D eigenvalue weighted by molar-refractivity contribution is 7.89. The number of ether oxygens (including phenoxy) is 2. The summed E-state index contributed by atoms with van der Waals surface area (Å²) in [6.45, 7) is 4.18. The van der Waals surface area contributed by atoms with Crippen LogP contribution in [0.3, 0.4) is 0 Å². The van der Waals surface area contributed by atoms with Crippen LogP contribution in [0.1, 0.15) is 41.1 Å². The Bertz CT molecular complexity index is 1040. The number of aryl methyl sites for hydroxylation is 1. The van der Waals surface area contributed by atoms with Gasteiger partial charge in [0.2, 0.25) is 10.0 Å². The van der Waals surface area contributed by atoms with E-state index in [-0.39, 0.29) is 12.4 Å². The highest BCUT2D eigenvalue weighted by Gasteiger charge is 2.36. The van der Waals surface area contributed by atoms with Crippen LogP contribution in [0.2, 0.25) is 0 Å². The molecule has 0 fully saturated rings. The molecule has 2 aliphatic rings. The largest absolute Gasteiger partial charge is 0.493 e. The minimum Gasteiger partial charge on any atom is -0.493 e. The molecule has 6 nitrogen and oxygen atoms in total. The van der Waals surface area contributed by atoms with Gasteiger partial charge in [0, 0.05) is 31.2 Å². The van der Waals surface area contributed by atoms with E-state index in [1.54, 1.807) is 32.4 Å². The molecular formula is C23H31ClN2O4S. The molecule has 2 aromatic carbocycles. The molecule has 0 saturated carbocycles. The predicted molar refractivity (Wildman–Crippen MR) is 124 cm³/mol. The van der Waals surface area contributed by atoms with Crippen molar-refractivity contribution in [1.82, 2.24) is 9.62 Å². The van der Waals surface area contributed by atoms with Gasteiger partial charge in [0.05, 0.1) is 19.1 Å². The number of hydrogen-bond donors (Lipinski definition) is 1. The van der Waals surface area contributed by atoms with Crippen LogP contribution in [0.25, 0.3) is 0 Å². The lowest BCUT2D eigenvalue weighted by molar-refractivity contribution is 0.184. The number of sulfonamides is 1. The summed E-state index contributed by atoms with van der Waals surface area (Å²) in [5, 5.41) is 0. The second kappa shape index (κ2) is 9.77. The van der Waals surface area contributed by atoms with Crippen LogP contribution in [0, 0.1) is 6.92 Å². The van der Waals surface area contributed by atoms with Gasteiger partial charge in [0.1, 0.15) is 0 Å². The van der Waals surface area contributed by atoms with E-state index in [4.69, 9.17) is 9.47 Å². The Balaban J connectivity index is 0.00000272. The van der Waals surface area contributed by atoms with Crippen molar-refractivity contribution in [3.05, 3.63) is 52.6 Å². The molecule has 1 aliphatic heterocycles. The molecule has 1 N–H and O–H groups in total. The smallest absolute Gasteiger partial charge is 0.240 e. The number of hydrogen-bond acceptors (Lipinski definition) is 5. The second-order valence-electron chi connectivity index (χ2n) is 8.07. The van der Waals surface area contributed by atoms with Gasteiger partial charge in [-0.25, -0.2) is 13.1 Å². The molecule has 0 radical (unpaired) electrons. The highest BCUT2D eigenvalue weighted by Crippen LogP contribution is 2.48. The first-order valence-electron chi connectivity index (χ1n) is 10.5. The molecule has 1 aliphatic carbocycles. The maximum absolute atomic E-state index is 12.5. The lowest BCUT2D eigenvalue weighted by Crippen LogP contribution is -2.36. The van der Waals surface area contributed by atoms with Crippen molar-refractivity contribution in [1.29, 1.82) is 0 Å². The number of nitrogens with zero attached hydrogens (tertiary/aromatic N) is 1. The van der Waals surface area contributed by atoms with Crippen LogP contribution in [0.4, 0.5) is 0 Å². The fourth-order valence-corrected chi connectivity index (χ4v) is 6.02. The molecule has 4 rings (SSSR count). The summed E-state index contributed by atoms with van der Waals surface area (Å²) in [6.07, 6.45) is 3.82. The third-order valence-electron chi connectivity index (χ3n) is 6.22. The third kappa shape index (κ3) is 4.70. The lowest BCUT2D eigenvalue weighted by Gasteiger charge is -2.35. The number of methoxy groups -OCH3 is 2. The van der Waals surface area contributed by atoms with E-state index in [0.29, 0.717) is 17.5 Å². The van der Waals surface area contributed by atoms with E-state index >= 15 is 0 Å². The van der Waals surface area contributed by atoms with Gasteiger partial charge in [-0.3, -0.25) is 4.90 Å². The average Bonchev–Trinajstić information content (AvgIpc) is 3.18. The third-order valence-corrected chi connectivity index (χ3v) is 7.68. The molecule has 0 spiro atoms. The van der Waals surface area contributed by atoms with E-state index in [1.165, 1.54) is 16.7 Å². The number of halogens is 1. The van der Waals surface area contributed by atoms with Crippen molar-refractivity contribution in [3.8, 4) is 11.5 Å². The van der Waals surface area contributed by atoms with Crippen molar-refractivity contribution < 1.29 is 17.9 Å². The van der Waals surface area contributed by atoms with Gasteiger partial charge < -0.3 is 9.47 Å². The normalized spacial score (nSPS) is 17.7. The SMILES string of the molecule is COc1cc2c3c(c1OC)CCC3N(CCCNS(=O)(=O)c1cccc(C)c1)CC2.Cl. The zero-order valence-corrected chi connectivity index (χ0v) is 19.9. The van der Waals surface area contributed by atoms with Crippen molar-refractivity contribution in [2.24, 2.45) is 0 Å². The van der Waals surface area contributed by atoms with Crippen LogP contribution in [0.5, 0.6) is 11.5 Å². The van der Waals surface area contributed by atoms with Crippen molar-refractivity contribution in [3.63, 3.8) is 0 Å². The molecule has 0 amide bonds. The van der Waals surface area contributed by atoms with Gasteiger partial charge in [0.15, 0.2) is 11.5 Å². The molecule has 0 saturated heterocycles.